The Balaban J connectivity index is 2.33. The first-order valence-electron chi connectivity index (χ1n) is 5.26. The summed E-state index contributed by atoms with van der Waals surface area (Å²) in [4.78, 5) is 2.01. The van der Waals surface area contributed by atoms with Gasteiger partial charge in [-0.15, -0.1) is 0 Å². The van der Waals surface area contributed by atoms with Crippen LogP contribution in [0.25, 0.3) is 0 Å². The number of hydrogen-bond acceptors (Lipinski definition) is 3. The maximum atomic E-state index is 9.85. The van der Waals surface area contributed by atoms with Gasteiger partial charge in [-0.05, 0) is 19.0 Å². The van der Waals surface area contributed by atoms with E-state index >= 15 is 0 Å². The molecule has 0 spiro atoms. The van der Waals surface area contributed by atoms with E-state index in [1.54, 1.807) is 0 Å². The molecule has 1 atom stereocenters. The quantitative estimate of drug-likeness (QED) is 0.735. The minimum atomic E-state index is -0.410. The molecule has 0 heterocycles. The molecule has 1 rings (SSSR count). The zero-order valence-electron chi connectivity index (χ0n) is 9.13. The highest BCUT2D eigenvalue weighted by atomic mass is 16.3. The van der Waals surface area contributed by atoms with Gasteiger partial charge in [0.15, 0.2) is 0 Å². The van der Waals surface area contributed by atoms with E-state index in [0.29, 0.717) is 13.0 Å². The van der Waals surface area contributed by atoms with E-state index in [2.05, 4.69) is 0 Å². The maximum absolute atomic E-state index is 9.85. The normalized spacial score (nSPS) is 13.1. The van der Waals surface area contributed by atoms with E-state index in [1.165, 1.54) is 0 Å². The molecule has 15 heavy (non-hydrogen) atoms. The Morgan fingerprint density at radius 2 is 1.87 bits per heavy atom. The molecule has 0 saturated carbocycles. The molecule has 0 radical (unpaired) electrons. The Bertz CT molecular complexity index is 264. The lowest BCUT2D eigenvalue weighted by molar-refractivity contribution is 0.141. The number of benzene rings is 1. The molecule has 1 aromatic rings. The Kier molecular flexibility index (Phi) is 5.32. The third-order valence-electron chi connectivity index (χ3n) is 2.45. The molecule has 0 amide bonds. The van der Waals surface area contributed by atoms with Gasteiger partial charge in [-0.3, -0.25) is 0 Å². The second-order valence-electron chi connectivity index (χ2n) is 3.74. The Morgan fingerprint density at radius 3 is 2.47 bits per heavy atom. The van der Waals surface area contributed by atoms with E-state index in [0.717, 1.165) is 12.1 Å². The van der Waals surface area contributed by atoms with Crippen molar-refractivity contribution in [3.05, 3.63) is 35.9 Å². The predicted octanol–water partition coefficient (Wildman–Crippen LogP) is 1.03. The summed E-state index contributed by atoms with van der Waals surface area (Å²) >= 11 is 0. The first-order chi connectivity index (χ1) is 7.24. The smallest absolute Gasteiger partial charge is 0.0802 e. The third kappa shape index (κ3) is 4.42. The summed E-state index contributed by atoms with van der Waals surface area (Å²) in [5.74, 6) is 0. The standard InChI is InChI=1S/C12H19NO2/c1-13(9-10-14)8-7-12(15)11-5-3-2-4-6-11/h2-6,12,14-15H,7-10H2,1H3. The van der Waals surface area contributed by atoms with Crippen molar-refractivity contribution in [3.8, 4) is 0 Å². The molecule has 0 aliphatic carbocycles. The highest BCUT2D eigenvalue weighted by Gasteiger charge is 2.07. The average Bonchev–Trinajstić information content (AvgIpc) is 2.27. The molecule has 1 unspecified atom stereocenters. The molecular weight excluding hydrogens is 190 g/mol. The number of aliphatic hydroxyl groups is 2. The van der Waals surface area contributed by atoms with Crippen LogP contribution in [-0.2, 0) is 0 Å². The molecular formula is C12H19NO2. The fraction of sp³-hybridized carbons (Fsp3) is 0.500. The summed E-state index contributed by atoms with van der Waals surface area (Å²) in [6.07, 6.45) is 0.285. The van der Waals surface area contributed by atoms with E-state index in [-0.39, 0.29) is 6.61 Å². The number of hydrogen-bond donors (Lipinski definition) is 2. The van der Waals surface area contributed by atoms with Gasteiger partial charge in [0.05, 0.1) is 12.7 Å². The topological polar surface area (TPSA) is 43.7 Å². The lowest BCUT2D eigenvalue weighted by atomic mass is 10.1. The zero-order valence-corrected chi connectivity index (χ0v) is 9.13. The lowest BCUT2D eigenvalue weighted by Crippen LogP contribution is -2.24. The number of nitrogens with zero attached hydrogens (tertiary/aromatic N) is 1. The molecule has 3 nitrogen and oxygen atoms in total. The molecule has 0 aliphatic rings. The Labute approximate surface area is 91.0 Å². The number of likely N-dealkylation sites (N-methyl/N-ethyl adjacent to an activating group) is 1. The van der Waals surface area contributed by atoms with E-state index in [4.69, 9.17) is 5.11 Å². The van der Waals surface area contributed by atoms with E-state index < -0.39 is 6.10 Å². The average molecular weight is 209 g/mol. The Morgan fingerprint density at radius 1 is 1.20 bits per heavy atom. The minimum absolute atomic E-state index is 0.165. The minimum Gasteiger partial charge on any atom is -0.395 e. The fourth-order valence-electron chi connectivity index (χ4n) is 1.47. The first-order valence-corrected chi connectivity index (χ1v) is 5.26. The molecule has 0 aliphatic heterocycles. The lowest BCUT2D eigenvalue weighted by Gasteiger charge is -2.17. The van der Waals surface area contributed by atoms with Gasteiger partial charge >= 0.3 is 0 Å². The van der Waals surface area contributed by atoms with Gasteiger partial charge in [0, 0.05) is 13.1 Å². The third-order valence-corrected chi connectivity index (χ3v) is 2.45. The van der Waals surface area contributed by atoms with Gasteiger partial charge in [0.1, 0.15) is 0 Å². The van der Waals surface area contributed by atoms with Crippen LogP contribution in [-0.4, -0.2) is 41.9 Å². The van der Waals surface area contributed by atoms with Crippen LogP contribution < -0.4 is 0 Å². The Hall–Kier alpha value is -0.900. The summed E-state index contributed by atoms with van der Waals surface area (Å²) < 4.78 is 0. The van der Waals surface area contributed by atoms with Crippen molar-refractivity contribution in [2.75, 3.05) is 26.7 Å². The summed E-state index contributed by atoms with van der Waals surface area (Å²) in [6.45, 7) is 1.61. The molecule has 2 N–H and O–H groups in total. The highest BCUT2D eigenvalue weighted by Crippen LogP contribution is 2.15. The monoisotopic (exact) mass is 209 g/mol. The van der Waals surface area contributed by atoms with Crippen LogP contribution in [0, 0.1) is 0 Å². The van der Waals surface area contributed by atoms with Gasteiger partial charge in [-0.1, -0.05) is 30.3 Å². The SMILES string of the molecule is CN(CCO)CCC(O)c1ccccc1. The van der Waals surface area contributed by atoms with Crippen molar-refractivity contribution in [2.45, 2.75) is 12.5 Å². The van der Waals surface area contributed by atoms with Crippen LogP contribution in [0.4, 0.5) is 0 Å². The van der Waals surface area contributed by atoms with Crippen LogP contribution in [0.15, 0.2) is 30.3 Å². The first kappa shape index (κ1) is 12.2. The van der Waals surface area contributed by atoms with Gasteiger partial charge in [-0.2, -0.15) is 0 Å². The maximum Gasteiger partial charge on any atom is 0.0802 e. The van der Waals surface area contributed by atoms with Crippen molar-refractivity contribution in [1.29, 1.82) is 0 Å². The molecule has 0 fully saturated rings. The molecule has 1 aromatic carbocycles. The van der Waals surface area contributed by atoms with Crippen molar-refractivity contribution < 1.29 is 10.2 Å². The van der Waals surface area contributed by atoms with Crippen LogP contribution in [0.2, 0.25) is 0 Å². The van der Waals surface area contributed by atoms with E-state index in [9.17, 15) is 5.11 Å². The number of rotatable bonds is 6. The molecule has 0 bridgehead atoms. The van der Waals surface area contributed by atoms with Crippen LogP contribution in [0.3, 0.4) is 0 Å². The largest absolute Gasteiger partial charge is 0.395 e. The molecule has 0 aromatic heterocycles. The van der Waals surface area contributed by atoms with Crippen LogP contribution in [0.5, 0.6) is 0 Å². The predicted molar refractivity (Wildman–Crippen MR) is 60.6 cm³/mol. The van der Waals surface area contributed by atoms with Gasteiger partial charge in [-0.25, -0.2) is 0 Å². The highest BCUT2D eigenvalue weighted by molar-refractivity contribution is 5.17. The number of aliphatic hydroxyl groups excluding tert-OH is 2. The van der Waals surface area contributed by atoms with Crippen molar-refractivity contribution >= 4 is 0 Å². The van der Waals surface area contributed by atoms with Crippen molar-refractivity contribution in [1.82, 2.24) is 4.90 Å². The molecule has 0 saturated heterocycles. The fourth-order valence-corrected chi connectivity index (χ4v) is 1.47. The van der Waals surface area contributed by atoms with Gasteiger partial charge in [0.2, 0.25) is 0 Å². The van der Waals surface area contributed by atoms with Crippen LogP contribution >= 0.6 is 0 Å². The van der Waals surface area contributed by atoms with Crippen molar-refractivity contribution in [2.24, 2.45) is 0 Å². The van der Waals surface area contributed by atoms with Crippen molar-refractivity contribution in [3.63, 3.8) is 0 Å². The summed E-state index contributed by atoms with van der Waals surface area (Å²) in [6, 6.07) is 9.65. The summed E-state index contributed by atoms with van der Waals surface area (Å²) in [7, 11) is 1.94. The summed E-state index contributed by atoms with van der Waals surface area (Å²) in [5, 5.41) is 18.6. The zero-order chi connectivity index (χ0) is 11.1. The van der Waals surface area contributed by atoms with Gasteiger partial charge < -0.3 is 15.1 Å². The summed E-state index contributed by atoms with van der Waals surface area (Å²) in [5.41, 5.74) is 0.954. The second kappa shape index (κ2) is 6.56. The van der Waals surface area contributed by atoms with E-state index in [1.807, 2.05) is 42.3 Å². The molecule has 84 valence electrons. The van der Waals surface area contributed by atoms with Gasteiger partial charge in [0.25, 0.3) is 0 Å². The van der Waals surface area contributed by atoms with Crippen LogP contribution in [0.1, 0.15) is 18.1 Å². The molecule has 3 heteroatoms. The second-order valence-corrected chi connectivity index (χ2v) is 3.74.